The second-order valence-corrected chi connectivity index (χ2v) is 8.96. The molecular weight excluding hydrogens is 444 g/mol. The summed E-state index contributed by atoms with van der Waals surface area (Å²) in [5.74, 6) is 4.36. The Balaban J connectivity index is 1.39. The van der Waals surface area contributed by atoms with Gasteiger partial charge in [-0.15, -0.1) is 0 Å². The minimum absolute atomic E-state index is 0.00265. The number of carbonyl (C=O) groups excluding carboxylic acids is 2. The van der Waals surface area contributed by atoms with E-state index in [-0.39, 0.29) is 31.4 Å². The molecule has 0 bridgehead atoms. The van der Waals surface area contributed by atoms with Crippen molar-refractivity contribution in [2.45, 2.75) is 39.0 Å². The molecular formula is C28H32N2O5. The number of hydrogen-bond acceptors (Lipinski definition) is 4. The number of rotatable bonds is 10. The number of fused-ring (bicyclic) bond motifs is 3. The van der Waals surface area contributed by atoms with E-state index in [1.54, 1.807) is 0 Å². The van der Waals surface area contributed by atoms with E-state index in [9.17, 15) is 14.4 Å². The monoisotopic (exact) mass is 476 g/mol. The van der Waals surface area contributed by atoms with E-state index in [1.165, 1.54) is 0 Å². The zero-order valence-corrected chi connectivity index (χ0v) is 20.2. The van der Waals surface area contributed by atoms with Crippen molar-refractivity contribution in [3.8, 4) is 23.0 Å². The molecule has 1 unspecified atom stereocenters. The van der Waals surface area contributed by atoms with Crippen molar-refractivity contribution in [1.29, 1.82) is 0 Å². The standard InChI is InChI=1S/C28H32N2O5/c1-19(2)20(13-14-27(32)33)15-17-29-26(31)12-7-16-30-28(34)35-18-25-23-10-5-3-8-21(23)22-9-4-6-11-24(22)25/h3-6,8-11,19-20,25H,13-18H2,1-2H3,(H,29,31)(H,30,34)(H,32,33). The Morgan fingerprint density at radius 1 is 0.971 bits per heavy atom. The molecule has 0 aliphatic heterocycles. The van der Waals surface area contributed by atoms with Gasteiger partial charge in [0, 0.05) is 18.9 Å². The summed E-state index contributed by atoms with van der Waals surface area (Å²) in [6.07, 6.45) is 0.812. The minimum atomic E-state index is -0.811. The zero-order chi connectivity index (χ0) is 25.2. The number of carboxylic acids is 1. The van der Waals surface area contributed by atoms with Crippen molar-refractivity contribution in [3.63, 3.8) is 0 Å². The van der Waals surface area contributed by atoms with Gasteiger partial charge in [0.15, 0.2) is 0 Å². The number of benzene rings is 2. The zero-order valence-electron chi connectivity index (χ0n) is 20.2. The van der Waals surface area contributed by atoms with Crippen LogP contribution in [0.5, 0.6) is 0 Å². The fraction of sp³-hybridized carbons (Fsp3) is 0.393. The molecule has 0 radical (unpaired) electrons. The molecule has 0 heterocycles. The molecule has 1 atom stereocenters. The maximum absolute atomic E-state index is 12.1. The Morgan fingerprint density at radius 3 is 2.20 bits per heavy atom. The third kappa shape index (κ3) is 7.35. The highest BCUT2D eigenvalue weighted by Gasteiger charge is 2.28. The van der Waals surface area contributed by atoms with E-state index in [4.69, 9.17) is 9.84 Å². The van der Waals surface area contributed by atoms with Crippen LogP contribution in [-0.4, -0.2) is 42.8 Å². The second kappa shape index (κ2) is 12.6. The maximum Gasteiger partial charge on any atom is 0.407 e. The lowest BCUT2D eigenvalue weighted by molar-refractivity contribution is -0.137. The van der Waals surface area contributed by atoms with E-state index >= 15 is 0 Å². The summed E-state index contributed by atoms with van der Waals surface area (Å²) in [5.41, 5.74) is 4.60. The molecule has 184 valence electrons. The van der Waals surface area contributed by atoms with Gasteiger partial charge in [0.2, 0.25) is 0 Å². The van der Waals surface area contributed by atoms with Crippen molar-refractivity contribution in [2.24, 2.45) is 11.8 Å². The number of hydrogen-bond donors (Lipinski definition) is 3. The van der Waals surface area contributed by atoms with Crippen LogP contribution in [0.1, 0.15) is 50.2 Å². The fourth-order valence-corrected chi connectivity index (χ4v) is 4.43. The Morgan fingerprint density at radius 2 is 1.60 bits per heavy atom. The van der Waals surface area contributed by atoms with Crippen LogP contribution >= 0.6 is 0 Å². The Labute approximate surface area is 206 Å². The summed E-state index contributed by atoms with van der Waals surface area (Å²) in [6, 6.07) is 16.2. The first-order valence-corrected chi connectivity index (χ1v) is 11.9. The quantitative estimate of drug-likeness (QED) is 0.447. The van der Waals surface area contributed by atoms with Gasteiger partial charge in [-0.25, -0.2) is 4.79 Å². The highest BCUT2D eigenvalue weighted by atomic mass is 16.5. The van der Waals surface area contributed by atoms with Crippen molar-refractivity contribution in [1.82, 2.24) is 10.6 Å². The molecule has 2 amide bonds. The summed E-state index contributed by atoms with van der Waals surface area (Å²) in [7, 11) is 0. The molecule has 7 nitrogen and oxygen atoms in total. The van der Waals surface area contributed by atoms with Gasteiger partial charge < -0.3 is 20.5 Å². The molecule has 3 N–H and O–H groups in total. The largest absolute Gasteiger partial charge is 0.481 e. The number of carboxylic acid groups (broad SMARTS) is 1. The van der Waals surface area contributed by atoms with Gasteiger partial charge in [-0.05, 0) is 52.9 Å². The molecule has 0 saturated carbocycles. The van der Waals surface area contributed by atoms with Crippen LogP contribution < -0.4 is 10.6 Å². The molecule has 1 aliphatic rings. The molecule has 2 aromatic carbocycles. The average molecular weight is 477 g/mol. The lowest BCUT2D eigenvalue weighted by Gasteiger charge is -2.19. The first-order chi connectivity index (χ1) is 16.9. The Hall–Kier alpha value is -3.79. The SMILES string of the molecule is CC(C)C(CCNC(=O)C#CCNC(=O)OCC1c2ccccc2-c2ccccc21)CCC(=O)O. The smallest absolute Gasteiger partial charge is 0.407 e. The van der Waals surface area contributed by atoms with Gasteiger partial charge in [-0.1, -0.05) is 68.3 Å². The molecule has 0 spiro atoms. The molecule has 7 heteroatoms. The molecule has 0 saturated heterocycles. The van der Waals surface area contributed by atoms with E-state index in [0.717, 1.165) is 22.3 Å². The minimum Gasteiger partial charge on any atom is -0.481 e. The fourth-order valence-electron chi connectivity index (χ4n) is 4.43. The topological polar surface area (TPSA) is 105 Å². The van der Waals surface area contributed by atoms with Crippen LogP contribution in [0.3, 0.4) is 0 Å². The lowest BCUT2D eigenvalue weighted by Crippen LogP contribution is -2.27. The van der Waals surface area contributed by atoms with E-state index in [2.05, 4.69) is 46.7 Å². The van der Waals surface area contributed by atoms with Gasteiger partial charge in [0.05, 0.1) is 6.54 Å². The van der Waals surface area contributed by atoms with E-state index < -0.39 is 18.0 Å². The maximum atomic E-state index is 12.1. The van der Waals surface area contributed by atoms with Crippen LogP contribution in [0.4, 0.5) is 4.79 Å². The van der Waals surface area contributed by atoms with Gasteiger partial charge >= 0.3 is 12.1 Å². The third-order valence-electron chi connectivity index (χ3n) is 6.34. The predicted octanol–water partition coefficient (Wildman–Crippen LogP) is 4.17. The summed E-state index contributed by atoms with van der Waals surface area (Å²) in [6.45, 7) is 4.73. The van der Waals surface area contributed by atoms with Gasteiger partial charge in [-0.3, -0.25) is 9.59 Å². The van der Waals surface area contributed by atoms with Gasteiger partial charge in [-0.2, -0.15) is 0 Å². The van der Waals surface area contributed by atoms with Crippen LogP contribution in [0.15, 0.2) is 48.5 Å². The van der Waals surface area contributed by atoms with E-state index in [1.807, 2.05) is 38.1 Å². The molecule has 35 heavy (non-hydrogen) atoms. The summed E-state index contributed by atoms with van der Waals surface area (Å²) < 4.78 is 5.44. The molecule has 3 rings (SSSR count). The molecule has 0 aromatic heterocycles. The number of nitrogens with one attached hydrogen (secondary N) is 2. The number of amides is 2. The number of alkyl carbamates (subject to hydrolysis) is 1. The van der Waals surface area contributed by atoms with E-state index in [0.29, 0.717) is 25.3 Å². The molecule has 2 aromatic rings. The Kier molecular flexibility index (Phi) is 9.31. The number of carbonyl (C=O) groups is 3. The summed E-state index contributed by atoms with van der Waals surface area (Å²) >= 11 is 0. The molecule has 1 aliphatic carbocycles. The second-order valence-electron chi connectivity index (χ2n) is 8.96. The van der Waals surface area contributed by atoms with Crippen molar-refractivity contribution >= 4 is 18.0 Å². The first kappa shape index (κ1) is 25.8. The van der Waals surface area contributed by atoms with Crippen LogP contribution in [0, 0.1) is 23.7 Å². The lowest BCUT2D eigenvalue weighted by atomic mass is 9.88. The number of ether oxygens (including phenoxy) is 1. The van der Waals surface area contributed by atoms with Crippen molar-refractivity contribution < 1.29 is 24.2 Å². The highest BCUT2D eigenvalue weighted by molar-refractivity contribution is 5.93. The highest BCUT2D eigenvalue weighted by Crippen LogP contribution is 2.44. The predicted molar refractivity (Wildman–Crippen MR) is 134 cm³/mol. The average Bonchev–Trinajstić information content (AvgIpc) is 3.16. The van der Waals surface area contributed by atoms with Crippen LogP contribution in [0.2, 0.25) is 0 Å². The van der Waals surface area contributed by atoms with Crippen LogP contribution in [-0.2, 0) is 14.3 Å². The molecule has 0 fully saturated rings. The summed E-state index contributed by atoms with van der Waals surface area (Å²) in [5, 5.41) is 14.1. The van der Waals surface area contributed by atoms with Crippen molar-refractivity contribution in [2.75, 3.05) is 19.7 Å². The third-order valence-corrected chi connectivity index (χ3v) is 6.34. The number of aliphatic carboxylic acids is 1. The van der Waals surface area contributed by atoms with Crippen molar-refractivity contribution in [3.05, 3.63) is 59.7 Å². The van der Waals surface area contributed by atoms with Crippen LogP contribution in [0.25, 0.3) is 11.1 Å². The normalized spacial score (nSPS) is 12.7. The van der Waals surface area contributed by atoms with Gasteiger partial charge in [0.1, 0.15) is 6.61 Å². The Bertz CT molecular complexity index is 1070. The van der Waals surface area contributed by atoms with Gasteiger partial charge in [0.25, 0.3) is 5.91 Å². The summed E-state index contributed by atoms with van der Waals surface area (Å²) in [4.78, 5) is 34.8. The first-order valence-electron chi connectivity index (χ1n) is 11.9.